The Bertz CT molecular complexity index is 1360. The molecule has 2 N–H and O–H groups in total. The number of hydrogen-bond acceptors (Lipinski definition) is 4. The van der Waals surface area contributed by atoms with Gasteiger partial charge in [-0.05, 0) is 54.8 Å². The molecule has 0 unspecified atom stereocenters. The Kier molecular flexibility index (Phi) is 5.09. The molecule has 1 amide bonds. The van der Waals surface area contributed by atoms with E-state index < -0.39 is 17.7 Å². The fourth-order valence-electron chi connectivity index (χ4n) is 4.69. The molecule has 1 saturated carbocycles. The summed E-state index contributed by atoms with van der Waals surface area (Å²) in [5.41, 5.74) is 2.10. The number of aromatic nitrogens is 1. The molecule has 0 saturated heterocycles. The summed E-state index contributed by atoms with van der Waals surface area (Å²) >= 11 is 0. The highest BCUT2D eigenvalue weighted by Gasteiger charge is 2.52. The Labute approximate surface area is 202 Å². The van der Waals surface area contributed by atoms with Gasteiger partial charge in [0.25, 0.3) is 0 Å². The first-order chi connectivity index (χ1) is 16.4. The van der Waals surface area contributed by atoms with Gasteiger partial charge in [-0.3, -0.25) is 9.59 Å². The monoisotopic (exact) mass is 486 g/mol. The highest BCUT2D eigenvalue weighted by atomic mass is 19.3. The van der Waals surface area contributed by atoms with E-state index in [9.17, 15) is 18.4 Å². The number of aliphatic carboxylic acids is 1. The number of carbonyl (C=O) groups is 2. The SMILES string of the molecule is CC(C)(C)c1cc2cc(NC(=O)C3(c4ccc5c(c4)OC(F)(F)O5)CC3)ccc2n1CCC(=O)O.[HH]. The van der Waals surface area contributed by atoms with Gasteiger partial charge >= 0.3 is 12.3 Å². The number of carboxylic acid groups (broad SMARTS) is 1. The number of anilines is 1. The highest BCUT2D eigenvalue weighted by Crippen LogP contribution is 2.52. The van der Waals surface area contributed by atoms with Crippen LogP contribution in [0, 0.1) is 0 Å². The third kappa shape index (κ3) is 4.19. The van der Waals surface area contributed by atoms with Crippen molar-refractivity contribution in [3.8, 4) is 11.5 Å². The fourth-order valence-corrected chi connectivity index (χ4v) is 4.69. The lowest BCUT2D eigenvalue weighted by Crippen LogP contribution is -2.27. The zero-order chi connectivity index (χ0) is 25.2. The van der Waals surface area contributed by atoms with Crippen molar-refractivity contribution in [2.75, 3.05) is 5.32 Å². The van der Waals surface area contributed by atoms with Crippen LogP contribution in [-0.2, 0) is 27.0 Å². The van der Waals surface area contributed by atoms with Crippen molar-refractivity contribution in [1.82, 2.24) is 4.57 Å². The van der Waals surface area contributed by atoms with Gasteiger partial charge in [0.15, 0.2) is 11.5 Å². The van der Waals surface area contributed by atoms with E-state index in [0.29, 0.717) is 30.6 Å². The maximum atomic E-state index is 13.4. The second-order valence-corrected chi connectivity index (χ2v) is 10.2. The Balaban J connectivity index is 0.00000304. The van der Waals surface area contributed by atoms with E-state index in [2.05, 4.69) is 35.6 Å². The average Bonchev–Trinajstić information content (AvgIpc) is 3.39. The summed E-state index contributed by atoms with van der Waals surface area (Å²) in [6.07, 6.45) is -2.51. The smallest absolute Gasteiger partial charge is 0.481 e. The second-order valence-electron chi connectivity index (χ2n) is 10.2. The number of rotatable bonds is 6. The Hall–Kier alpha value is -3.62. The first-order valence-electron chi connectivity index (χ1n) is 11.5. The Morgan fingerprint density at radius 3 is 2.46 bits per heavy atom. The quantitative estimate of drug-likeness (QED) is 0.470. The number of hydrogen-bond donors (Lipinski definition) is 2. The van der Waals surface area contributed by atoms with Gasteiger partial charge in [-0.15, -0.1) is 8.78 Å². The molecule has 1 aliphatic carbocycles. The lowest BCUT2D eigenvalue weighted by atomic mass is 9.92. The van der Waals surface area contributed by atoms with E-state index in [1.807, 2.05) is 22.8 Å². The molecule has 2 aliphatic rings. The zero-order valence-electron chi connectivity index (χ0n) is 19.7. The molecule has 5 rings (SSSR count). The number of nitrogens with zero attached hydrogens (tertiary/aromatic N) is 1. The van der Waals surface area contributed by atoms with Gasteiger partial charge in [-0.2, -0.15) is 0 Å². The van der Waals surface area contributed by atoms with Crippen LogP contribution in [0.5, 0.6) is 11.5 Å². The molecular weight excluding hydrogens is 458 g/mol. The minimum absolute atomic E-state index is 0. The van der Waals surface area contributed by atoms with Crippen molar-refractivity contribution in [3.63, 3.8) is 0 Å². The maximum absolute atomic E-state index is 13.4. The van der Waals surface area contributed by atoms with Gasteiger partial charge in [0.1, 0.15) is 0 Å². The fraction of sp³-hybridized carbons (Fsp3) is 0.385. The van der Waals surface area contributed by atoms with Crippen LogP contribution >= 0.6 is 0 Å². The predicted octanol–water partition coefficient (Wildman–Crippen LogP) is 5.65. The molecule has 0 atom stereocenters. The highest BCUT2D eigenvalue weighted by molar-refractivity contribution is 6.02. The van der Waals surface area contributed by atoms with Gasteiger partial charge in [0, 0.05) is 35.7 Å². The molecule has 0 bridgehead atoms. The van der Waals surface area contributed by atoms with E-state index in [0.717, 1.165) is 16.6 Å². The second kappa shape index (κ2) is 7.69. The molecule has 2 aromatic carbocycles. The van der Waals surface area contributed by atoms with Crippen LogP contribution in [0.3, 0.4) is 0 Å². The average molecular weight is 487 g/mol. The summed E-state index contributed by atoms with van der Waals surface area (Å²) in [6.45, 7) is 6.56. The van der Waals surface area contributed by atoms with Crippen LogP contribution in [0.15, 0.2) is 42.5 Å². The van der Waals surface area contributed by atoms with Crippen LogP contribution < -0.4 is 14.8 Å². The topological polar surface area (TPSA) is 89.8 Å². The molecular formula is C26H28F2N2O5. The summed E-state index contributed by atoms with van der Waals surface area (Å²) in [7, 11) is 0. The molecule has 9 heteroatoms. The van der Waals surface area contributed by atoms with Crippen molar-refractivity contribution in [2.45, 2.75) is 63.7 Å². The van der Waals surface area contributed by atoms with E-state index >= 15 is 0 Å². The minimum Gasteiger partial charge on any atom is -0.481 e. The van der Waals surface area contributed by atoms with Gasteiger partial charge in [-0.25, -0.2) is 0 Å². The normalized spacial score (nSPS) is 17.4. The van der Waals surface area contributed by atoms with Crippen LogP contribution in [0.1, 0.15) is 52.7 Å². The van der Waals surface area contributed by atoms with Crippen LogP contribution in [-0.4, -0.2) is 27.8 Å². The number of amides is 1. The van der Waals surface area contributed by atoms with Gasteiger partial charge in [0.2, 0.25) is 5.91 Å². The molecule has 7 nitrogen and oxygen atoms in total. The first-order valence-corrected chi connectivity index (χ1v) is 11.5. The number of halogens is 2. The standard InChI is InChI=1S/C26H26F2N2O5.H2/c1-24(2,3)21-13-15-12-17(5-6-18(15)30(21)11-8-22(31)32)29-23(33)25(9-10-25)16-4-7-19-20(14-16)35-26(27,28)34-19;/h4-7,12-14H,8-11H2,1-3H3,(H,29,33)(H,31,32);1H. The third-order valence-electron chi connectivity index (χ3n) is 6.62. The minimum atomic E-state index is -3.71. The summed E-state index contributed by atoms with van der Waals surface area (Å²) in [5, 5.41) is 13.0. The van der Waals surface area contributed by atoms with Crippen molar-refractivity contribution in [1.29, 1.82) is 0 Å². The largest absolute Gasteiger partial charge is 0.586 e. The number of nitrogens with one attached hydrogen (secondary N) is 1. The van der Waals surface area contributed by atoms with Crippen LogP contribution in [0.4, 0.5) is 14.5 Å². The van der Waals surface area contributed by atoms with Gasteiger partial charge < -0.3 is 24.5 Å². The summed E-state index contributed by atoms with van der Waals surface area (Å²) < 4.78 is 37.8. The number of aryl methyl sites for hydroxylation is 1. The number of carboxylic acids is 1. The Morgan fingerprint density at radius 2 is 1.80 bits per heavy atom. The van der Waals surface area contributed by atoms with Crippen LogP contribution in [0.25, 0.3) is 10.9 Å². The van der Waals surface area contributed by atoms with E-state index in [1.165, 1.54) is 12.1 Å². The van der Waals surface area contributed by atoms with Crippen molar-refractivity contribution in [2.24, 2.45) is 0 Å². The first kappa shape index (κ1) is 23.1. The molecule has 1 aromatic heterocycles. The number of ether oxygens (including phenoxy) is 2. The van der Waals surface area contributed by atoms with Crippen LogP contribution in [0.2, 0.25) is 0 Å². The number of fused-ring (bicyclic) bond motifs is 2. The number of alkyl halides is 2. The summed E-state index contributed by atoms with van der Waals surface area (Å²) in [5.74, 6) is -1.21. The number of benzene rings is 2. The lowest BCUT2D eigenvalue weighted by molar-refractivity contribution is -0.286. The van der Waals surface area contributed by atoms with E-state index in [-0.39, 0.29) is 30.7 Å². The Morgan fingerprint density at radius 1 is 1.09 bits per heavy atom. The van der Waals surface area contributed by atoms with E-state index in [1.54, 1.807) is 12.1 Å². The van der Waals surface area contributed by atoms with Crippen molar-refractivity contribution >= 4 is 28.5 Å². The molecule has 3 aromatic rings. The predicted molar refractivity (Wildman–Crippen MR) is 127 cm³/mol. The molecule has 0 radical (unpaired) electrons. The molecule has 35 heavy (non-hydrogen) atoms. The molecule has 2 heterocycles. The molecule has 0 spiro atoms. The molecule has 1 fully saturated rings. The summed E-state index contributed by atoms with van der Waals surface area (Å²) in [6, 6.07) is 12.0. The van der Waals surface area contributed by atoms with Gasteiger partial charge in [0.05, 0.1) is 11.8 Å². The van der Waals surface area contributed by atoms with E-state index in [4.69, 9.17) is 5.11 Å². The number of carbonyl (C=O) groups excluding carboxylic acids is 1. The van der Waals surface area contributed by atoms with Crippen molar-refractivity contribution < 1.29 is 34.4 Å². The third-order valence-corrected chi connectivity index (χ3v) is 6.62. The van der Waals surface area contributed by atoms with Gasteiger partial charge in [-0.1, -0.05) is 26.8 Å². The van der Waals surface area contributed by atoms with Crippen molar-refractivity contribution in [3.05, 3.63) is 53.7 Å². The summed E-state index contributed by atoms with van der Waals surface area (Å²) in [4.78, 5) is 24.4. The zero-order valence-corrected chi connectivity index (χ0v) is 19.7. The maximum Gasteiger partial charge on any atom is 0.586 e. The molecule has 1 aliphatic heterocycles. The molecule has 186 valence electrons. The lowest BCUT2D eigenvalue weighted by Gasteiger charge is -2.21.